The van der Waals surface area contributed by atoms with Gasteiger partial charge in [-0.3, -0.25) is 4.98 Å². The van der Waals surface area contributed by atoms with E-state index in [0.29, 0.717) is 17.5 Å². The van der Waals surface area contributed by atoms with Crippen molar-refractivity contribution in [1.29, 1.82) is 0 Å². The maximum absolute atomic E-state index is 6.13. The second-order valence-corrected chi connectivity index (χ2v) is 4.81. The minimum atomic E-state index is 0.391. The Morgan fingerprint density at radius 1 is 1.39 bits per heavy atom. The second-order valence-electron chi connectivity index (χ2n) is 4.41. The molecule has 1 atom stereocenters. The standard InChI is InChI=1S/C13H14ClN3O/c14-11-2-1-4-15-12(11)8-17-6-5-16-13(17)10-3-7-18-9-10/h1-2,4-6,10H,3,7-9H2. The molecule has 2 aromatic rings. The molecule has 2 aromatic heterocycles. The van der Waals surface area contributed by atoms with Gasteiger partial charge in [0.25, 0.3) is 0 Å². The van der Waals surface area contributed by atoms with Crippen LogP contribution in [-0.2, 0) is 11.3 Å². The smallest absolute Gasteiger partial charge is 0.114 e. The van der Waals surface area contributed by atoms with Crippen molar-refractivity contribution in [2.75, 3.05) is 13.2 Å². The summed E-state index contributed by atoms with van der Waals surface area (Å²) < 4.78 is 7.52. The van der Waals surface area contributed by atoms with Gasteiger partial charge in [-0.05, 0) is 18.6 Å². The van der Waals surface area contributed by atoms with Crippen LogP contribution in [0.2, 0.25) is 5.02 Å². The van der Waals surface area contributed by atoms with Gasteiger partial charge < -0.3 is 9.30 Å². The van der Waals surface area contributed by atoms with E-state index in [-0.39, 0.29) is 0 Å². The Morgan fingerprint density at radius 3 is 3.11 bits per heavy atom. The molecule has 1 saturated heterocycles. The Kier molecular flexibility index (Phi) is 3.30. The Bertz CT molecular complexity index is 535. The van der Waals surface area contributed by atoms with Crippen LogP contribution in [0.1, 0.15) is 23.9 Å². The van der Waals surface area contributed by atoms with Crippen LogP contribution in [0.4, 0.5) is 0 Å². The molecule has 3 rings (SSSR count). The van der Waals surface area contributed by atoms with Gasteiger partial charge in [0.1, 0.15) is 5.82 Å². The topological polar surface area (TPSA) is 39.9 Å². The van der Waals surface area contributed by atoms with E-state index in [2.05, 4.69) is 14.5 Å². The summed E-state index contributed by atoms with van der Waals surface area (Å²) in [7, 11) is 0. The largest absolute Gasteiger partial charge is 0.381 e. The zero-order valence-corrected chi connectivity index (χ0v) is 10.7. The number of rotatable bonds is 3. The average Bonchev–Trinajstić information content (AvgIpc) is 3.02. The van der Waals surface area contributed by atoms with Crippen molar-refractivity contribution >= 4 is 11.6 Å². The van der Waals surface area contributed by atoms with Gasteiger partial charge in [0.05, 0.1) is 23.9 Å². The van der Waals surface area contributed by atoms with Gasteiger partial charge in [-0.25, -0.2) is 4.98 Å². The monoisotopic (exact) mass is 263 g/mol. The highest BCUT2D eigenvalue weighted by molar-refractivity contribution is 6.31. The zero-order valence-electron chi connectivity index (χ0n) is 9.92. The van der Waals surface area contributed by atoms with Crippen LogP contribution in [0.25, 0.3) is 0 Å². The van der Waals surface area contributed by atoms with Crippen LogP contribution in [-0.4, -0.2) is 27.7 Å². The number of halogens is 1. The number of imidazole rings is 1. The number of hydrogen-bond donors (Lipinski definition) is 0. The highest BCUT2D eigenvalue weighted by Gasteiger charge is 2.22. The molecule has 94 valence electrons. The summed E-state index contributed by atoms with van der Waals surface area (Å²) >= 11 is 6.13. The zero-order chi connectivity index (χ0) is 12.4. The lowest BCUT2D eigenvalue weighted by Gasteiger charge is -2.12. The molecule has 0 spiro atoms. The molecule has 1 aliphatic rings. The van der Waals surface area contributed by atoms with Gasteiger partial charge >= 0.3 is 0 Å². The average molecular weight is 264 g/mol. The first kappa shape index (κ1) is 11.7. The number of hydrogen-bond acceptors (Lipinski definition) is 3. The van der Waals surface area contributed by atoms with E-state index in [9.17, 15) is 0 Å². The summed E-state index contributed by atoms with van der Waals surface area (Å²) in [6.45, 7) is 2.24. The first-order valence-electron chi connectivity index (χ1n) is 6.03. The van der Waals surface area contributed by atoms with Gasteiger partial charge in [0, 0.05) is 31.1 Å². The van der Waals surface area contributed by atoms with Crippen molar-refractivity contribution in [2.24, 2.45) is 0 Å². The molecule has 0 radical (unpaired) electrons. The fraction of sp³-hybridized carbons (Fsp3) is 0.385. The molecule has 0 aromatic carbocycles. The lowest BCUT2D eigenvalue weighted by atomic mass is 10.1. The van der Waals surface area contributed by atoms with Crippen molar-refractivity contribution in [2.45, 2.75) is 18.9 Å². The number of pyridine rings is 1. The van der Waals surface area contributed by atoms with Crippen LogP contribution in [0.3, 0.4) is 0 Å². The molecular formula is C13H14ClN3O. The Balaban J connectivity index is 1.85. The van der Waals surface area contributed by atoms with Gasteiger partial charge in [-0.2, -0.15) is 0 Å². The van der Waals surface area contributed by atoms with E-state index in [1.54, 1.807) is 6.20 Å². The van der Waals surface area contributed by atoms with E-state index in [1.807, 2.05) is 24.5 Å². The van der Waals surface area contributed by atoms with Crippen LogP contribution in [0, 0.1) is 0 Å². The first-order chi connectivity index (χ1) is 8.84. The van der Waals surface area contributed by atoms with Gasteiger partial charge in [-0.1, -0.05) is 11.6 Å². The summed E-state index contributed by atoms with van der Waals surface area (Å²) in [6.07, 6.45) is 6.59. The molecule has 18 heavy (non-hydrogen) atoms. The SMILES string of the molecule is Clc1cccnc1Cn1ccnc1C1CCOC1. The fourth-order valence-corrected chi connectivity index (χ4v) is 2.43. The number of aromatic nitrogens is 3. The van der Waals surface area contributed by atoms with Gasteiger partial charge in [0.2, 0.25) is 0 Å². The Morgan fingerprint density at radius 2 is 2.33 bits per heavy atom. The fourth-order valence-electron chi connectivity index (χ4n) is 2.25. The minimum absolute atomic E-state index is 0.391. The van der Waals surface area contributed by atoms with Crippen LogP contribution < -0.4 is 0 Å². The quantitative estimate of drug-likeness (QED) is 0.854. The molecule has 1 fully saturated rings. The van der Waals surface area contributed by atoms with Crippen molar-refractivity contribution in [3.8, 4) is 0 Å². The Hall–Kier alpha value is -1.39. The summed E-state index contributed by atoms with van der Waals surface area (Å²) in [5.74, 6) is 1.46. The first-order valence-corrected chi connectivity index (χ1v) is 6.40. The van der Waals surface area contributed by atoms with Crippen molar-refractivity contribution in [3.63, 3.8) is 0 Å². The lowest BCUT2D eigenvalue weighted by Crippen LogP contribution is -2.10. The van der Waals surface area contributed by atoms with Crippen molar-refractivity contribution in [1.82, 2.24) is 14.5 Å². The molecule has 0 amide bonds. The van der Waals surface area contributed by atoms with E-state index in [4.69, 9.17) is 16.3 Å². The molecule has 1 aliphatic heterocycles. The van der Waals surface area contributed by atoms with Gasteiger partial charge in [0.15, 0.2) is 0 Å². The van der Waals surface area contributed by atoms with Crippen molar-refractivity contribution in [3.05, 3.63) is 47.3 Å². The predicted molar refractivity (Wildman–Crippen MR) is 68.8 cm³/mol. The molecule has 5 heteroatoms. The van der Waals surface area contributed by atoms with E-state index < -0.39 is 0 Å². The molecule has 4 nitrogen and oxygen atoms in total. The lowest BCUT2D eigenvalue weighted by molar-refractivity contribution is 0.192. The molecule has 3 heterocycles. The molecule has 0 bridgehead atoms. The van der Waals surface area contributed by atoms with Crippen LogP contribution in [0.5, 0.6) is 0 Å². The second kappa shape index (κ2) is 5.08. The maximum Gasteiger partial charge on any atom is 0.114 e. The molecule has 0 saturated carbocycles. The number of nitrogens with zero attached hydrogens (tertiary/aromatic N) is 3. The van der Waals surface area contributed by atoms with Crippen LogP contribution in [0.15, 0.2) is 30.7 Å². The summed E-state index contributed by atoms with van der Waals surface area (Å²) in [5, 5.41) is 0.694. The van der Waals surface area contributed by atoms with Gasteiger partial charge in [-0.15, -0.1) is 0 Å². The summed E-state index contributed by atoms with van der Waals surface area (Å²) in [4.78, 5) is 8.75. The summed E-state index contributed by atoms with van der Waals surface area (Å²) in [6, 6.07) is 3.70. The predicted octanol–water partition coefficient (Wildman–Crippen LogP) is 2.48. The summed E-state index contributed by atoms with van der Waals surface area (Å²) in [5.41, 5.74) is 0.873. The molecule has 1 unspecified atom stereocenters. The minimum Gasteiger partial charge on any atom is -0.381 e. The molecular weight excluding hydrogens is 250 g/mol. The van der Waals surface area contributed by atoms with Crippen molar-refractivity contribution < 1.29 is 4.74 Å². The molecule has 0 aliphatic carbocycles. The molecule has 0 N–H and O–H groups in total. The normalized spacial score (nSPS) is 19.3. The van der Waals surface area contributed by atoms with E-state index in [1.165, 1.54) is 0 Å². The van der Waals surface area contributed by atoms with E-state index in [0.717, 1.165) is 31.2 Å². The van der Waals surface area contributed by atoms with Crippen LogP contribution >= 0.6 is 11.6 Å². The maximum atomic E-state index is 6.13. The number of ether oxygens (including phenoxy) is 1. The highest BCUT2D eigenvalue weighted by atomic mass is 35.5. The van der Waals surface area contributed by atoms with E-state index >= 15 is 0 Å². The Labute approximate surface area is 111 Å². The third-order valence-electron chi connectivity index (χ3n) is 3.20. The highest BCUT2D eigenvalue weighted by Crippen LogP contribution is 2.24. The third kappa shape index (κ3) is 2.26. The third-order valence-corrected chi connectivity index (χ3v) is 3.54.